The Morgan fingerprint density at radius 3 is 2.61 bits per heavy atom. The number of allylic oxidation sites excluding steroid dienone is 1. The van der Waals surface area contributed by atoms with Gasteiger partial charge in [-0.15, -0.1) is 11.3 Å². The smallest absolute Gasteiger partial charge is 0.134 e. The fourth-order valence-electron chi connectivity index (χ4n) is 1.96. The molecule has 3 nitrogen and oxygen atoms in total. The molecule has 0 saturated carbocycles. The number of hydrogen-bond acceptors (Lipinski definition) is 4. The van der Waals surface area contributed by atoms with Crippen molar-refractivity contribution in [3.05, 3.63) is 68.7 Å². The molecule has 23 heavy (non-hydrogen) atoms. The van der Waals surface area contributed by atoms with Crippen LogP contribution in [0, 0.1) is 11.3 Å². The van der Waals surface area contributed by atoms with Crippen LogP contribution >= 0.6 is 34.5 Å². The molecule has 0 radical (unpaired) electrons. The Hall–Kier alpha value is -2.19. The Labute approximate surface area is 147 Å². The molecule has 3 aromatic rings. The molecule has 2 aromatic heterocycles. The minimum atomic E-state index is 0.453. The minimum absolute atomic E-state index is 0.453. The molecule has 6 heteroatoms. The van der Waals surface area contributed by atoms with Gasteiger partial charge in [0.1, 0.15) is 11.1 Å². The summed E-state index contributed by atoms with van der Waals surface area (Å²) in [5, 5.41) is 12.9. The average Bonchev–Trinajstić information content (AvgIpc) is 3.06. The normalized spacial score (nSPS) is 11.3. The van der Waals surface area contributed by atoms with Crippen molar-refractivity contribution in [1.82, 2.24) is 9.97 Å². The Kier molecular flexibility index (Phi) is 4.73. The van der Waals surface area contributed by atoms with Gasteiger partial charge in [-0.25, -0.2) is 4.98 Å². The third kappa shape index (κ3) is 3.59. The Balaban J connectivity index is 1.96. The van der Waals surface area contributed by atoms with E-state index in [1.165, 1.54) is 11.3 Å². The van der Waals surface area contributed by atoms with Crippen molar-refractivity contribution in [1.29, 1.82) is 5.26 Å². The zero-order valence-corrected chi connectivity index (χ0v) is 14.0. The molecule has 0 saturated heterocycles. The van der Waals surface area contributed by atoms with Crippen molar-refractivity contribution in [3.8, 4) is 17.3 Å². The van der Waals surface area contributed by atoms with E-state index in [1.807, 2.05) is 23.6 Å². The summed E-state index contributed by atoms with van der Waals surface area (Å²) >= 11 is 13.3. The van der Waals surface area contributed by atoms with E-state index in [0.717, 1.165) is 16.8 Å². The number of nitriles is 1. The van der Waals surface area contributed by atoms with E-state index in [4.69, 9.17) is 23.2 Å². The van der Waals surface area contributed by atoms with Crippen LogP contribution < -0.4 is 0 Å². The highest BCUT2D eigenvalue weighted by Crippen LogP contribution is 2.28. The number of benzene rings is 1. The summed E-state index contributed by atoms with van der Waals surface area (Å²) in [7, 11) is 0. The molecule has 3 rings (SSSR count). The van der Waals surface area contributed by atoms with Gasteiger partial charge >= 0.3 is 0 Å². The van der Waals surface area contributed by atoms with Crippen LogP contribution in [0.3, 0.4) is 0 Å². The van der Waals surface area contributed by atoms with E-state index in [9.17, 15) is 5.26 Å². The number of halogens is 2. The standard InChI is InChI=1S/C17H9Cl2N3S/c18-14-2-1-11(8-15(14)19)7-13(9-20)17-22-16(10-23-17)12-3-5-21-6-4-12/h1-8,10H/b13-7-. The monoisotopic (exact) mass is 357 g/mol. The minimum Gasteiger partial charge on any atom is -0.265 e. The molecule has 0 aliphatic heterocycles. The summed E-state index contributed by atoms with van der Waals surface area (Å²) in [6.45, 7) is 0. The number of pyridine rings is 1. The predicted molar refractivity (Wildman–Crippen MR) is 95.3 cm³/mol. The van der Waals surface area contributed by atoms with Gasteiger partial charge in [0.25, 0.3) is 0 Å². The van der Waals surface area contributed by atoms with Gasteiger partial charge in [0.15, 0.2) is 0 Å². The van der Waals surface area contributed by atoms with Crippen molar-refractivity contribution in [3.63, 3.8) is 0 Å². The molecular weight excluding hydrogens is 349 g/mol. The van der Waals surface area contributed by atoms with Crippen molar-refractivity contribution < 1.29 is 0 Å². The molecule has 0 aliphatic carbocycles. The zero-order chi connectivity index (χ0) is 16.2. The highest BCUT2D eigenvalue weighted by atomic mass is 35.5. The summed E-state index contributed by atoms with van der Waals surface area (Å²) in [6.07, 6.45) is 5.17. The second-order valence-electron chi connectivity index (χ2n) is 4.62. The van der Waals surface area contributed by atoms with E-state index >= 15 is 0 Å². The van der Waals surface area contributed by atoms with Crippen molar-refractivity contribution in [2.75, 3.05) is 0 Å². The number of nitrogens with zero attached hydrogens (tertiary/aromatic N) is 3. The van der Waals surface area contributed by atoms with Crippen molar-refractivity contribution in [2.45, 2.75) is 0 Å². The van der Waals surface area contributed by atoms with Gasteiger partial charge in [0.2, 0.25) is 0 Å². The van der Waals surface area contributed by atoms with Crippen LogP contribution in [0.5, 0.6) is 0 Å². The summed E-state index contributed by atoms with van der Waals surface area (Å²) in [5.74, 6) is 0. The lowest BCUT2D eigenvalue weighted by Gasteiger charge is -1.99. The van der Waals surface area contributed by atoms with E-state index in [2.05, 4.69) is 16.0 Å². The first-order valence-corrected chi connectivity index (χ1v) is 8.24. The van der Waals surface area contributed by atoms with Gasteiger partial charge in [-0.3, -0.25) is 4.98 Å². The Morgan fingerprint density at radius 2 is 1.91 bits per heavy atom. The molecule has 0 fully saturated rings. The number of aromatic nitrogens is 2. The second-order valence-corrected chi connectivity index (χ2v) is 6.29. The van der Waals surface area contributed by atoms with Crippen LogP contribution in [0.25, 0.3) is 22.9 Å². The fraction of sp³-hybridized carbons (Fsp3) is 0. The van der Waals surface area contributed by atoms with Gasteiger partial charge in [-0.1, -0.05) is 29.3 Å². The molecule has 112 valence electrons. The van der Waals surface area contributed by atoms with Crippen molar-refractivity contribution in [2.24, 2.45) is 0 Å². The molecular formula is C17H9Cl2N3S. The molecule has 0 bridgehead atoms. The summed E-state index contributed by atoms with van der Waals surface area (Å²) in [5.41, 5.74) is 3.07. The third-order valence-corrected chi connectivity index (χ3v) is 4.70. The molecule has 0 aliphatic rings. The Bertz CT molecular complexity index is 911. The van der Waals surface area contributed by atoms with Gasteiger partial charge in [0, 0.05) is 23.3 Å². The summed E-state index contributed by atoms with van der Waals surface area (Å²) in [4.78, 5) is 8.52. The first-order valence-electron chi connectivity index (χ1n) is 6.60. The maximum atomic E-state index is 9.42. The molecule has 0 spiro atoms. The first-order chi connectivity index (χ1) is 11.2. The molecule has 0 unspecified atom stereocenters. The number of hydrogen-bond donors (Lipinski definition) is 0. The van der Waals surface area contributed by atoms with Crippen LogP contribution in [0.2, 0.25) is 10.0 Å². The quantitative estimate of drug-likeness (QED) is 0.575. The fourth-order valence-corrected chi connectivity index (χ4v) is 3.06. The van der Waals surface area contributed by atoms with Crippen LogP contribution in [-0.4, -0.2) is 9.97 Å². The van der Waals surface area contributed by atoms with Crippen LogP contribution in [-0.2, 0) is 0 Å². The average molecular weight is 358 g/mol. The molecule has 0 amide bonds. The van der Waals surface area contributed by atoms with Gasteiger partial charge in [0.05, 0.1) is 21.3 Å². The first kappa shape index (κ1) is 15.7. The molecule has 0 N–H and O–H groups in total. The van der Waals surface area contributed by atoms with Gasteiger partial charge in [-0.2, -0.15) is 5.26 Å². The maximum Gasteiger partial charge on any atom is 0.134 e. The SMILES string of the molecule is N#C/C(=C/c1ccc(Cl)c(Cl)c1)c1nc(-c2ccncc2)cs1. The van der Waals surface area contributed by atoms with Gasteiger partial charge in [-0.05, 0) is 35.9 Å². The third-order valence-electron chi connectivity index (χ3n) is 3.09. The lowest BCUT2D eigenvalue weighted by molar-refractivity contribution is 1.31. The van der Waals surface area contributed by atoms with Crippen LogP contribution in [0.4, 0.5) is 0 Å². The lowest BCUT2D eigenvalue weighted by atomic mass is 10.1. The molecule has 1 aromatic carbocycles. The molecule has 0 atom stereocenters. The maximum absolute atomic E-state index is 9.42. The highest BCUT2D eigenvalue weighted by molar-refractivity contribution is 7.11. The topological polar surface area (TPSA) is 49.6 Å². The zero-order valence-electron chi connectivity index (χ0n) is 11.7. The van der Waals surface area contributed by atoms with Gasteiger partial charge < -0.3 is 0 Å². The van der Waals surface area contributed by atoms with E-state index in [0.29, 0.717) is 20.6 Å². The lowest BCUT2D eigenvalue weighted by Crippen LogP contribution is -1.83. The van der Waals surface area contributed by atoms with Crippen LogP contribution in [0.15, 0.2) is 48.1 Å². The highest BCUT2D eigenvalue weighted by Gasteiger charge is 2.09. The largest absolute Gasteiger partial charge is 0.265 e. The number of rotatable bonds is 3. The number of thiazole rings is 1. The summed E-state index contributed by atoms with van der Waals surface area (Å²) in [6, 6.07) is 11.2. The van der Waals surface area contributed by atoms with Crippen LogP contribution in [0.1, 0.15) is 10.6 Å². The Morgan fingerprint density at radius 1 is 1.13 bits per heavy atom. The molecule has 2 heterocycles. The summed E-state index contributed by atoms with van der Waals surface area (Å²) < 4.78 is 0. The van der Waals surface area contributed by atoms with E-state index in [-0.39, 0.29) is 0 Å². The predicted octanol–water partition coefficient (Wildman–Crippen LogP) is 5.58. The van der Waals surface area contributed by atoms with E-state index < -0.39 is 0 Å². The second kappa shape index (κ2) is 6.93. The van der Waals surface area contributed by atoms with E-state index in [1.54, 1.807) is 30.6 Å². The van der Waals surface area contributed by atoms with Crippen molar-refractivity contribution >= 4 is 46.2 Å².